The Balaban J connectivity index is 2.26. The van der Waals surface area contributed by atoms with Gasteiger partial charge in [-0.25, -0.2) is 4.79 Å². The van der Waals surface area contributed by atoms with Crippen LogP contribution in [0.1, 0.15) is 31.7 Å². The number of aliphatic carboxylic acids is 1. The molecule has 92 valence electrons. The first kappa shape index (κ1) is 12.0. The predicted molar refractivity (Wildman–Crippen MR) is 68.2 cm³/mol. The summed E-state index contributed by atoms with van der Waals surface area (Å²) in [4.78, 5) is 11.5. The molecule has 2 atom stereocenters. The minimum Gasteiger partial charge on any atom is -0.480 e. The largest absolute Gasteiger partial charge is 0.480 e. The van der Waals surface area contributed by atoms with Crippen LogP contribution >= 0.6 is 0 Å². The van der Waals surface area contributed by atoms with Gasteiger partial charge in [-0.05, 0) is 43.7 Å². The van der Waals surface area contributed by atoms with Gasteiger partial charge in [0.05, 0.1) is 0 Å². The summed E-state index contributed by atoms with van der Waals surface area (Å²) in [5.41, 5.74) is 1.25. The number of carboxylic acid groups (broad SMARTS) is 1. The molecule has 0 radical (unpaired) electrons. The summed E-state index contributed by atoms with van der Waals surface area (Å²) < 4.78 is 0. The van der Waals surface area contributed by atoms with E-state index in [4.69, 9.17) is 0 Å². The fraction of sp³-hybridized carbons (Fsp3) is 0.500. The van der Waals surface area contributed by atoms with Gasteiger partial charge in [-0.15, -0.1) is 0 Å². The van der Waals surface area contributed by atoms with E-state index in [0.29, 0.717) is 18.8 Å². The Labute approximate surface area is 102 Å². The normalized spacial score (nSPS) is 28.0. The van der Waals surface area contributed by atoms with Gasteiger partial charge in [0.1, 0.15) is 5.54 Å². The Morgan fingerprint density at radius 3 is 2.71 bits per heavy atom. The highest BCUT2D eigenvalue weighted by molar-refractivity contribution is 5.83. The molecule has 0 heterocycles. The first-order valence-electron chi connectivity index (χ1n) is 6.11. The Hall–Kier alpha value is -1.51. The maximum atomic E-state index is 11.5. The third kappa shape index (κ3) is 2.28. The maximum Gasteiger partial charge on any atom is 0.329 e. The van der Waals surface area contributed by atoms with Crippen molar-refractivity contribution in [3.8, 4) is 0 Å². The van der Waals surface area contributed by atoms with Crippen LogP contribution in [0.3, 0.4) is 0 Å². The van der Waals surface area contributed by atoms with E-state index < -0.39 is 11.5 Å². The van der Waals surface area contributed by atoms with Gasteiger partial charge in [-0.3, -0.25) is 0 Å². The van der Waals surface area contributed by atoms with Crippen LogP contribution in [0, 0.1) is 12.8 Å². The van der Waals surface area contributed by atoms with E-state index >= 15 is 0 Å². The number of aryl methyl sites for hydroxylation is 1. The molecule has 2 N–H and O–H groups in total. The molecular weight excluding hydrogens is 214 g/mol. The molecule has 1 saturated carbocycles. The molecular formula is C14H19NO2. The highest BCUT2D eigenvalue weighted by Gasteiger charge is 2.44. The average molecular weight is 233 g/mol. The second-order valence-corrected chi connectivity index (χ2v) is 5.18. The van der Waals surface area contributed by atoms with Crippen molar-refractivity contribution in [3.05, 3.63) is 29.8 Å². The molecule has 17 heavy (non-hydrogen) atoms. The maximum absolute atomic E-state index is 11.5. The lowest BCUT2D eigenvalue weighted by atomic mass is 9.95. The van der Waals surface area contributed by atoms with Crippen LogP contribution in [-0.4, -0.2) is 16.6 Å². The van der Waals surface area contributed by atoms with Crippen molar-refractivity contribution >= 4 is 11.7 Å². The zero-order chi connectivity index (χ0) is 12.5. The van der Waals surface area contributed by atoms with E-state index in [-0.39, 0.29) is 0 Å². The lowest BCUT2D eigenvalue weighted by molar-refractivity contribution is -0.142. The number of anilines is 1. The SMILES string of the molecule is Cc1ccccc1NC1(C(=O)O)CCC(C)C1. The summed E-state index contributed by atoms with van der Waals surface area (Å²) in [7, 11) is 0. The van der Waals surface area contributed by atoms with Crippen LogP contribution in [0.25, 0.3) is 0 Å². The number of carbonyl (C=O) groups is 1. The van der Waals surface area contributed by atoms with Gasteiger partial charge in [0.2, 0.25) is 0 Å². The van der Waals surface area contributed by atoms with Gasteiger partial charge in [-0.1, -0.05) is 25.1 Å². The minimum absolute atomic E-state index is 0.475. The predicted octanol–water partition coefficient (Wildman–Crippen LogP) is 3.05. The molecule has 0 bridgehead atoms. The Morgan fingerprint density at radius 2 is 2.18 bits per heavy atom. The number of nitrogens with one attached hydrogen (secondary N) is 1. The van der Waals surface area contributed by atoms with Gasteiger partial charge in [-0.2, -0.15) is 0 Å². The third-order valence-corrected chi connectivity index (χ3v) is 3.69. The first-order chi connectivity index (χ1) is 8.03. The average Bonchev–Trinajstić information content (AvgIpc) is 2.65. The van der Waals surface area contributed by atoms with Crippen molar-refractivity contribution in [2.45, 2.75) is 38.6 Å². The van der Waals surface area contributed by atoms with Gasteiger partial charge in [0.15, 0.2) is 0 Å². The zero-order valence-electron chi connectivity index (χ0n) is 10.4. The number of hydrogen-bond acceptors (Lipinski definition) is 2. The second-order valence-electron chi connectivity index (χ2n) is 5.18. The van der Waals surface area contributed by atoms with Gasteiger partial charge < -0.3 is 10.4 Å². The standard InChI is InChI=1S/C14H19NO2/c1-10-7-8-14(9-10,13(16)17)15-12-6-4-3-5-11(12)2/h3-6,10,15H,7-9H2,1-2H3,(H,16,17). The number of benzene rings is 1. The molecule has 2 unspecified atom stereocenters. The summed E-state index contributed by atoms with van der Waals surface area (Å²) in [5, 5.41) is 12.7. The third-order valence-electron chi connectivity index (χ3n) is 3.69. The van der Waals surface area contributed by atoms with Crippen LogP contribution in [0.4, 0.5) is 5.69 Å². The highest BCUT2D eigenvalue weighted by atomic mass is 16.4. The fourth-order valence-electron chi connectivity index (χ4n) is 2.62. The molecule has 0 aromatic heterocycles. The van der Waals surface area contributed by atoms with Crippen molar-refractivity contribution in [2.75, 3.05) is 5.32 Å². The summed E-state index contributed by atoms with van der Waals surface area (Å²) in [5.74, 6) is -0.257. The lowest BCUT2D eigenvalue weighted by Crippen LogP contribution is -2.44. The monoisotopic (exact) mass is 233 g/mol. The summed E-state index contributed by atoms with van der Waals surface area (Å²) in [6.45, 7) is 4.11. The topological polar surface area (TPSA) is 49.3 Å². The molecule has 0 saturated heterocycles. The quantitative estimate of drug-likeness (QED) is 0.843. The van der Waals surface area contributed by atoms with Crippen molar-refractivity contribution in [3.63, 3.8) is 0 Å². The second kappa shape index (κ2) is 4.40. The Bertz CT molecular complexity index is 430. The minimum atomic E-state index is -0.772. The van der Waals surface area contributed by atoms with E-state index in [1.807, 2.05) is 31.2 Å². The van der Waals surface area contributed by atoms with Gasteiger partial charge in [0.25, 0.3) is 0 Å². The van der Waals surface area contributed by atoms with E-state index in [1.165, 1.54) is 0 Å². The van der Waals surface area contributed by atoms with Crippen molar-refractivity contribution in [1.29, 1.82) is 0 Å². The molecule has 2 rings (SSSR count). The highest BCUT2D eigenvalue weighted by Crippen LogP contribution is 2.37. The molecule has 3 nitrogen and oxygen atoms in total. The first-order valence-corrected chi connectivity index (χ1v) is 6.11. The molecule has 1 aromatic rings. The summed E-state index contributed by atoms with van der Waals surface area (Å²) in [6.07, 6.45) is 2.39. The van der Waals surface area contributed by atoms with E-state index in [9.17, 15) is 9.90 Å². The van der Waals surface area contributed by atoms with Gasteiger partial charge >= 0.3 is 5.97 Å². The smallest absolute Gasteiger partial charge is 0.329 e. The van der Waals surface area contributed by atoms with Crippen molar-refractivity contribution in [2.24, 2.45) is 5.92 Å². The number of hydrogen-bond donors (Lipinski definition) is 2. The van der Waals surface area contributed by atoms with Gasteiger partial charge in [0, 0.05) is 5.69 Å². The van der Waals surface area contributed by atoms with Crippen molar-refractivity contribution < 1.29 is 9.90 Å². The molecule has 1 aromatic carbocycles. The van der Waals surface area contributed by atoms with E-state index in [1.54, 1.807) is 0 Å². The molecule has 0 aliphatic heterocycles. The van der Waals surface area contributed by atoms with Crippen molar-refractivity contribution in [1.82, 2.24) is 0 Å². The van der Waals surface area contributed by atoms with Crippen LogP contribution < -0.4 is 5.32 Å². The van der Waals surface area contributed by atoms with Crippen LogP contribution in [-0.2, 0) is 4.79 Å². The molecule has 3 heteroatoms. The summed E-state index contributed by atoms with van der Waals surface area (Å²) in [6, 6.07) is 7.84. The number of carboxylic acids is 1. The zero-order valence-corrected chi connectivity index (χ0v) is 10.4. The van der Waals surface area contributed by atoms with Crippen LogP contribution in [0.5, 0.6) is 0 Å². The number of rotatable bonds is 3. The van der Waals surface area contributed by atoms with Crippen LogP contribution in [0.15, 0.2) is 24.3 Å². The Morgan fingerprint density at radius 1 is 1.47 bits per heavy atom. The van der Waals surface area contributed by atoms with E-state index in [0.717, 1.165) is 17.7 Å². The Kier molecular flexibility index (Phi) is 3.09. The molecule has 1 fully saturated rings. The molecule has 1 aliphatic carbocycles. The van der Waals surface area contributed by atoms with E-state index in [2.05, 4.69) is 12.2 Å². The summed E-state index contributed by atoms with van der Waals surface area (Å²) >= 11 is 0. The fourth-order valence-corrected chi connectivity index (χ4v) is 2.62. The molecule has 1 aliphatic rings. The lowest BCUT2D eigenvalue weighted by Gasteiger charge is -2.28. The van der Waals surface area contributed by atoms with Crippen LogP contribution in [0.2, 0.25) is 0 Å². The molecule has 0 spiro atoms. The number of para-hydroxylation sites is 1. The molecule has 0 amide bonds.